The first kappa shape index (κ1) is 36.8. The summed E-state index contributed by atoms with van der Waals surface area (Å²) < 4.78 is 6.52. The molecule has 11 rings (SSSR count). The summed E-state index contributed by atoms with van der Waals surface area (Å²) in [6.07, 6.45) is 0. The third-order valence-corrected chi connectivity index (χ3v) is 11.9. The Kier molecular flexibility index (Phi) is 9.57. The van der Waals surface area contributed by atoms with Gasteiger partial charge in [0.2, 0.25) is 0 Å². The zero-order chi connectivity index (χ0) is 41.2. The molecular weight excluding hydrogens is 751 g/mol. The largest absolute Gasteiger partial charge is 0.456 e. The Hall–Kier alpha value is -8.20. The lowest BCUT2D eigenvalue weighted by atomic mass is 9.86. The lowest BCUT2D eigenvalue weighted by Gasteiger charge is -2.29. The lowest BCUT2D eigenvalue weighted by Crippen LogP contribution is -2.12. The molecular formula is C60H41NO. The van der Waals surface area contributed by atoms with Crippen molar-refractivity contribution in [1.82, 2.24) is 0 Å². The van der Waals surface area contributed by atoms with Crippen LogP contribution in [-0.4, -0.2) is 0 Å². The van der Waals surface area contributed by atoms with E-state index in [1.807, 2.05) is 6.07 Å². The van der Waals surface area contributed by atoms with Crippen LogP contribution in [0, 0.1) is 0 Å². The molecule has 2 heteroatoms. The highest BCUT2D eigenvalue weighted by atomic mass is 16.3. The maximum Gasteiger partial charge on any atom is 0.137 e. The molecule has 0 N–H and O–H groups in total. The molecule has 0 radical (unpaired) electrons. The van der Waals surface area contributed by atoms with Crippen LogP contribution >= 0.6 is 0 Å². The summed E-state index contributed by atoms with van der Waals surface area (Å²) >= 11 is 0. The maximum absolute atomic E-state index is 6.52. The highest BCUT2D eigenvalue weighted by Gasteiger charge is 2.24. The molecule has 0 atom stereocenters. The second kappa shape index (κ2) is 16.1. The molecule has 62 heavy (non-hydrogen) atoms. The molecule has 0 aliphatic carbocycles. The van der Waals surface area contributed by atoms with Gasteiger partial charge in [-0.3, -0.25) is 0 Å². The number of fused-ring (bicyclic) bond motifs is 3. The van der Waals surface area contributed by atoms with E-state index in [9.17, 15) is 0 Å². The molecule has 0 amide bonds. The van der Waals surface area contributed by atoms with Gasteiger partial charge in [0.1, 0.15) is 11.2 Å². The van der Waals surface area contributed by atoms with Gasteiger partial charge in [-0.2, -0.15) is 0 Å². The van der Waals surface area contributed by atoms with Gasteiger partial charge in [-0.05, 0) is 104 Å². The van der Waals surface area contributed by atoms with Crippen molar-refractivity contribution in [3.63, 3.8) is 0 Å². The number of rotatable bonds is 9. The fourth-order valence-electron chi connectivity index (χ4n) is 8.93. The summed E-state index contributed by atoms with van der Waals surface area (Å²) in [6.45, 7) is 0. The Balaban J connectivity index is 1.12. The van der Waals surface area contributed by atoms with Crippen molar-refractivity contribution >= 4 is 39.0 Å². The maximum atomic E-state index is 6.52. The zero-order valence-electron chi connectivity index (χ0n) is 34.0. The van der Waals surface area contributed by atoms with Gasteiger partial charge < -0.3 is 9.32 Å². The number of anilines is 3. The van der Waals surface area contributed by atoms with E-state index in [0.717, 1.165) is 66.8 Å². The van der Waals surface area contributed by atoms with E-state index < -0.39 is 0 Å². The van der Waals surface area contributed by atoms with Crippen molar-refractivity contribution < 1.29 is 4.42 Å². The molecule has 0 aliphatic heterocycles. The van der Waals surface area contributed by atoms with E-state index in [2.05, 4.69) is 248 Å². The van der Waals surface area contributed by atoms with E-state index in [1.54, 1.807) is 0 Å². The minimum Gasteiger partial charge on any atom is -0.456 e. The van der Waals surface area contributed by atoms with Crippen molar-refractivity contribution in [1.29, 1.82) is 0 Å². The third-order valence-electron chi connectivity index (χ3n) is 11.9. The molecule has 0 saturated carbocycles. The summed E-state index contributed by atoms with van der Waals surface area (Å²) in [5.41, 5.74) is 18.9. The van der Waals surface area contributed by atoms with Crippen LogP contribution in [0.5, 0.6) is 0 Å². The molecule has 0 saturated heterocycles. The number of hydrogen-bond donors (Lipinski definition) is 0. The molecule has 0 aliphatic rings. The van der Waals surface area contributed by atoms with Crippen LogP contribution < -0.4 is 4.90 Å². The van der Waals surface area contributed by atoms with Gasteiger partial charge in [-0.25, -0.2) is 0 Å². The number of furan rings is 1. The smallest absolute Gasteiger partial charge is 0.137 e. The average molecular weight is 792 g/mol. The van der Waals surface area contributed by atoms with Crippen molar-refractivity contribution in [2.24, 2.45) is 0 Å². The van der Waals surface area contributed by atoms with Crippen LogP contribution in [0.3, 0.4) is 0 Å². The number of nitrogens with zero attached hydrogens (tertiary/aromatic N) is 1. The zero-order valence-corrected chi connectivity index (χ0v) is 34.0. The van der Waals surface area contributed by atoms with Crippen LogP contribution in [0.25, 0.3) is 88.7 Å². The highest BCUT2D eigenvalue weighted by Crippen LogP contribution is 2.49. The van der Waals surface area contributed by atoms with Crippen LogP contribution in [-0.2, 0) is 0 Å². The summed E-state index contributed by atoms with van der Waals surface area (Å²) in [4.78, 5) is 2.42. The van der Waals surface area contributed by atoms with Crippen LogP contribution in [0.4, 0.5) is 17.1 Å². The topological polar surface area (TPSA) is 16.4 Å². The van der Waals surface area contributed by atoms with Gasteiger partial charge >= 0.3 is 0 Å². The molecule has 292 valence electrons. The Labute approximate surface area is 362 Å². The molecule has 0 spiro atoms. The quantitative estimate of drug-likeness (QED) is 0.145. The first-order valence-electron chi connectivity index (χ1n) is 21.2. The van der Waals surface area contributed by atoms with Gasteiger partial charge in [0, 0.05) is 16.6 Å². The first-order chi connectivity index (χ1) is 30.8. The van der Waals surface area contributed by atoms with Crippen molar-refractivity contribution in [3.05, 3.63) is 249 Å². The third kappa shape index (κ3) is 6.84. The summed E-state index contributed by atoms with van der Waals surface area (Å²) in [5, 5.41) is 2.16. The molecule has 1 aromatic heterocycles. The van der Waals surface area contributed by atoms with Gasteiger partial charge in [0.05, 0.1) is 16.8 Å². The number of hydrogen-bond acceptors (Lipinski definition) is 2. The molecule has 11 aromatic rings. The Morgan fingerprint density at radius 3 is 1.39 bits per heavy atom. The van der Waals surface area contributed by atoms with Gasteiger partial charge in [-0.15, -0.1) is 0 Å². The standard InChI is InChI=1S/C60H41NO/c1-4-17-42(18-5-1)44-31-33-45(34-32-44)46-35-38-49(39-36-46)61(57-28-16-30-59-60(57)54-26-13-15-29-58(54)62-59)56-27-14-12-25-53(56)55-41-48(43-19-6-2-7-20-43)37-40-52(55)51-24-11-10-23-50(51)47-21-8-3-9-22-47/h1-41H. The predicted octanol–water partition coefficient (Wildman–Crippen LogP) is 17.1. The minimum atomic E-state index is 0.852. The molecule has 0 fully saturated rings. The second-order valence-corrected chi connectivity index (χ2v) is 15.6. The van der Waals surface area contributed by atoms with Crippen LogP contribution in [0.1, 0.15) is 0 Å². The average Bonchev–Trinajstić information content (AvgIpc) is 3.75. The molecule has 10 aromatic carbocycles. The van der Waals surface area contributed by atoms with Gasteiger partial charge in [-0.1, -0.05) is 206 Å². The van der Waals surface area contributed by atoms with Gasteiger partial charge in [0.15, 0.2) is 0 Å². The summed E-state index contributed by atoms with van der Waals surface area (Å²) in [5.74, 6) is 0. The normalized spacial score (nSPS) is 11.2. The van der Waals surface area contributed by atoms with E-state index in [1.165, 1.54) is 38.9 Å². The van der Waals surface area contributed by atoms with E-state index >= 15 is 0 Å². The van der Waals surface area contributed by atoms with E-state index in [-0.39, 0.29) is 0 Å². The van der Waals surface area contributed by atoms with Crippen LogP contribution in [0.15, 0.2) is 253 Å². The van der Waals surface area contributed by atoms with E-state index in [0.29, 0.717) is 0 Å². The monoisotopic (exact) mass is 791 g/mol. The fraction of sp³-hybridized carbons (Fsp3) is 0. The number of para-hydroxylation sites is 2. The Morgan fingerprint density at radius 2 is 0.710 bits per heavy atom. The Morgan fingerprint density at radius 1 is 0.258 bits per heavy atom. The molecule has 0 bridgehead atoms. The van der Waals surface area contributed by atoms with Crippen molar-refractivity contribution in [3.8, 4) is 66.8 Å². The predicted molar refractivity (Wildman–Crippen MR) is 261 cm³/mol. The number of benzene rings is 10. The minimum absolute atomic E-state index is 0.852. The summed E-state index contributed by atoms with van der Waals surface area (Å²) in [7, 11) is 0. The molecule has 2 nitrogen and oxygen atoms in total. The first-order valence-corrected chi connectivity index (χ1v) is 21.2. The van der Waals surface area contributed by atoms with Crippen molar-refractivity contribution in [2.45, 2.75) is 0 Å². The molecule has 1 heterocycles. The van der Waals surface area contributed by atoms with Crippen LogP contribution in [0.2, 0.25) is 0 Å². The SMILES string of the molecule is c1ccc(-c2ccc(-c3ccc(N(c4ccccc4-c4cc(-c5ccccc5)ccc4-c4ccccc4-c4ccccc4)c4cccc5oc6ccccc6c45)cc3)cc2)cc1. The van der Waals surface area contributed by atoms with Crippen molar-refractivity contribution in [2.75, 3.05) is 4.90 Å². The Bertz CT molecular complexity index is 3310. The fourth-order valence-corrected chi connectivity index (χ4v) is 8.93. The second-order valence-electron chi connectivity index (χ2n) is 15.6. The van der Waals surface area contributed by atoms with Gasteiger partial charge in [0.25, 0.3) is 0 Å². The molecule has 0 unspecified atom stereocenters. The van der Waals surface area contributed by atoms with E-state index in [4.69, 9.17) is 4.42 Å². The highest BCUT2D eigenvalue weighted by molar-refractivity contribution is 6.14. The lowest BCUT2D eigenvalue weighted by molar-refractivity contribution is 0.669. The summed E-state index contributed by atoms with van der Waals surface area (Å²) in [6, 6.07) is 89.1.